The second-order valence-corrected chi connectivity index (χ2v) is 2.96. The second kappa shape index (κ2) is 3.77. The molecule has 0 aliphatic rings. The molecule has 1 atom stereocenters. The van der Waals surface area contributed by atoms with Gasteiger partial charge in [-0.1, -0.05) is 35.3 Å². The number of hydrogen-bond donors (Lipinski definition) is 1. The molecule has 0 unspecified atom stereocenters. The van der Waals surface area contributed by atoms with Gasteiger partial charge in [0.25, 0.3) is 0 Å². The van der Waals surface area contributed by atoms with Crippen LogP contribution in [0.15, 0.2) is 18.2 Å². The van der Waals surface area contributed by atoms with Crippen LogP contribution >= 0.6 is 23.2 Å². The molecule has 1 aromatic carbocycles. The summed E-state index contributed by atoms with van der Waals surface area (Å²) in [7, 11) is 0. The Morgan fingerprint density at radius 2 is 2.08 bits per heavy atom. The molecular weight excluding hydrogens is 197 g/mol. The van der Waals surface area contributed by atoms with Crippen molar-refractivity contribution in [3.63, 3.8) is 0 Å². The Hall–Kier alpha value is -0.750. The van der Waals surface area contributed by atoms with Crippen molar-refractivity contribution in [2.75, 3.05) is 0 Å². The molecule has 1 rings (SSSR count). The molecule has 1 aromatic rings. The van der Waals surface area contributed by atoms with E-state index in [1.165, 1.54) is 0 Å². The van der Waals surface area contributed by atoms with E-state index in [-0.39, 0.29) is 5.02 Å². The molecule has 2 nitrogen and oxygen atoms in total. The third kappa shape index (κ3) is 1.70. The normalized spacial score (nSPS) is 12.2. The predicted molar refractivity (Wildman–Crippen MR) is 47.0 cm³/mol. The van der Waals surface area contributed by atoms with Crippen LogP contribution in [0.4, 0.5) is 0 Å². The molecule has 0 radical (unpaired) electrons. The van der Waals surface area contributed by atoms with E-state index in [0.29, 0.717) is 10.6 Å². The number of hydrogen-bond acceptors (Lipinski definition) is 2. The number of benzene rings is 1. The Morgan fingerprint density at radius 1 is 1.42 bits per heavy atom. The summed E-state index contributed by atoms with van der Waals surface area (Å²) in [5.41, 5.74) is 0.340. The summed E-state index contributed by atoms with van der Waals surface area (Å²) in [6.07, 6.45) is -1.21. The van der Waals surface area contributed by atoms with Crippen molar-refractivity contribution >= 4 is 23.2 Å². The quantitative estimate of drug-likeness (QED) is 0.711. The fourth-order valence-corrected chi connectivity index (χ4v) is 1.21. The molecule has 0 spiro atoms. The zero-order chi connectivity index (χ0) is 9.14. The maximum Gasteiger partial charge on any atom is 0.167 e. The lowest BCUT2D eigenvalue weighted by Crippen LogP contribution is -1.94. The molecule has 1 N–H and O–H groups in total. The molecule has 0 fully saturated rings. The van der Waals surface area contributed by atoms with Gasteiger partial charge < -0.3 is 5.11 Å². The number of rotatable bonds is 1. The van der Waals surface area contributed by atoms with Crippen LogP contribution in [0.2, 0.25) is 10.0 Å². The summed E-state index contributed by atoms with van der Waals surface area (Å²) in [6, 6.07) is 6.44. The van der Waals surface area contributed by atoms with E-state index in [0.717, 1.165) is 0 Å². The van der Waals surface area contributed by atoms with Gasteiger partial charge in [0.2, 0.25) is 0 Å². The van der Waals surface area contributed by atoms with Crippen LogP contribution in [0.3, 0.4) is 0 Å². The maximum absolute atomic E-state index is 9.13. The Labute approximate surface area is 80.0 Å². The first-order valence-corrected chi connectivity index (χ1v) is 3.94. The summed E-state index contributed by atoms with van der Waals surface area (Å²) < 4.78 is 0. The number of aliphatic hydroxyl groups is 1. The highest BCUT2D eigenvalue weighted by Crippen LogP contribution is 2.29. The highest BCUT2D eigenvalue weighted by molar-refractivity contribution is 6.42. The van der Waals surface area contributed by atoms with Crippen LogP contribution in [0.25, 0.3) is 0 Å². The Kier molecular flexibility index (Phi) is 2.93. The second-order valence-electron chi connectivity index (χ2n) is 2.17. The van der Waals surface area contributed by atoms with Gasteiger partial charge in [-0.05, 0) is 6.07 Å². The van der Waals surface area contributed by atoms with E-state index in [1.807, 2.05) is 0 Å². The molecule has 12 heavy (non-hydrogen) atoms. The standard InChI is InChI=1S/C8H5Cl2NO/c9-6-3-1-2-5(8(6)10)7(12)4-11/h1-3,7,12H/t7-/m1/s1. The molecule has 62 valence electrons. The number of nitrogens with zero attached hydrogens (tertiary/aromatic N) is 1. The molecule has 4 heteroatoms. The van der Waals surface area contributed by atoms with Crippen molar-refractivity contribution in [3.8, 4) is 6.07 Å². The van der Waals surface area contributed by atoms with E-state index < -0.39 is 6.10 Å². The summed E-state index contributed by atoms with van der Waals surface area (Å²) in [6.45, 7) is 0. The van der Waals surface area contributed by atoms with Gasteiger partial charge in [0, 0.05) is 5.56 Å². The van der Waals surface area contributed by atoms with E-state index in [2.05, 4.69) is 0 Å². The number of nitriles is 1. The SMILES string of the molecule is N#C[C@@H](O)c1cccc(Cl)c1Cl. The van der Waals surface area contributed by atoms with Crippen molar-refractivity contribution in [2.45, 2.75) is 6.10 Å². The smallest absolute Gasteiger partial charge is 0.167 e. The van der Waals surface area contributed by atoms with Gasteiger partial charge in [-0.25, -0.2) is 0 Å². The highest BCUT2D eigenvalue weighted by atomic mass is 35.5. The van der Waals surface area contributed by atoms with E-state index in [1.54, 1.807) is 24.3 Å². The molecule has 0 bridgehead atoms. The predicted octanol–water partition coefficient (Wildman–Crippen LogP) is 2.55. The van der Waals surface area contributed by atoms with Gasteiger partial charge in [0.05, 0.1) is 16.1 Å². The number of aliphatic hydroxyl groups excluding tert-OH is 1. The van der Waals surface area contributed by atoms with E-state index in [9.17, 15) is 0 Å². The average molecular weight is 202 g/mol. The van der Waals surface area contributed by atoms with E-state index >= 15 is 0 Å². The fraction of sp³-hybridized carbons (Fsp3) is 0.125. The van der Waals surface area contributed by atoms with Gasteiger partial charge in [0.1, 0.15) is 0 Å². The van der Waals surface area contributed by atoms with Crippen LogP contribution < -0.4 is 0 Å². The largest absolute Gasteiger partial charge is 0.374 e. The van der Waals surface area contributed by atoms with Crippen molar-refractivity contribution in [1.29, 1.82) is 5.26 Å². The van der Waals surface area contributed by atoms with Crippen molar-refractivity contribution < 1.29 is 5.11 Å². The Balaban J connectivity index is 3.18. The van der Waals surface area contributed by atoms with Crippen molar-refractivity contribution in [1.82, 2.24) is 0 Å². The molecule has 0 amide bonds. The zero-order valence-electron chi connectivity index (χ0n) is 5.96. The van der Waals surface area contributed by atoms with Gasteiger partial charge in [0.15, 0.2) is 6.10 Å². The lowest BCUT2D eigenvalue weighted by atomic mass is 10.1. The van der Waals surface area contributed by atoms with Gasteiger partial charge in [-0.15, -0.1) is 0 Å². The highest BCUT2D eigenvalue weighted by Gasteiger charge is 2.11. The summed E-state index contributed by atoms with van der Waals surface area (Å²) >= 11 is 11.4. The zero-order valence-corrected chi connectivity index (χ0v) is 7.47. The lowest BCUT2D eigenvalue weighted by molar-refractivity contribution is 0.236. The minimum Gasteiger partial charge on any atom is -0.374 e. The van der Waals surface area contributed by atoms with Gasteiger partial charge >= 0.3 is 0 Å². The summed E-state index contributed by atoms with van der Waals surface area (Å²) in [5.74, 6) is 0. The molecule has 0 aliphatic carbocycles. The van der Waals surface area contributed by atoms with Gasteiger partial charge in [-0.3, -0.25) is 0 Å². The molecule has 0 saturated heterocycles. The average Bonchev–Trinajstić information content (AvgIpc) is 2.08. The summed E-state index contributed by atoms with van der Waals surface area (Å²) in [4.78, 5) is 0. The van der Waals surface area contributed by atoms with Crippen LogP contribution in [-0.2, 0) is 0 Å². The Bertz CT molecular complexity index is 332. The lowest BCUT2D eigenvalue weighted by Gasteiger charge is -2.05. The maximum atomic E-state index is 9.13. The molecule has 0 heterocycles. The number of halogens is 2. The molecule has 0 aromatic heterocycles. The van der Waals surface area contributed by atoms with Crippen LogP contribution in [-0.4, -0.2) is 5.11 Å². The van der Waals surface area contributed by atoms with Crippen molar-refractivity contribution in [3.05, 3.63) is 33.8 Å². The van der Waals surface area contributed by atoms with Crippen LogP contribution in [0, 0.1) is 11.3 Å². The molecular formula is C8H5Cl2NO. The first kappa shape index (κ1) is 9.34. The first-order chi connectivity index (χ1) is 5.66. The minimum atomic E-state index is -1.21. The molecule has 0 saturated carbocycles. The Morgan fingerprint density at radius 3 is 2.67 bits per heavy atom. The van der Waals surface area contributed by atoms with E-state index in [4.69, 9.17) is 33.6 Å². The van der Waals surface area contributed by atoms with Crippen LogP contribution in [0.5, 0.6) is 0 Å². The monoisotopic (exact) mass is 201 g/mol. The van der Waals surface area contributed by atoms with Crippen LogP contribution in [0.1, 0.15) is 11.7 Å². The first-order valence-electron chi connectivity index (χ1n) is 3.18. The summed E-state index contributed by atoms with van der Waals surface area (Å²) in [5, 5.41) is 18.1. The van der Waals surface area contributed by atoms with Gasteiger partial charge in [-0.2, -0.15) is 5.26 Å². The third-order valence-corrected chi connectivity index (χ3v) is 2.23. The molecule has 0 aliphatic heterocycles. The third-order valence-electron chi connectivity index (χ3n) is 1.40. The fourth-order valence-electron chi connectivity index (χ4n) is 0.801. The minimum absolute atomic E-state index is 0.230. The van der Waals surface area contributed by atoms with Crippen molar-refractivity contribution in [2.24, 2.45) is 0 Å². The topological polar surface area (TPSA) is 44.0 Å².